The highest BCUT2D eigenvalue weighted by molar-refractivity contribution is 7.13. The highest BCUT2D eigenvalue weighted by Crippen LogP contribution is 2.48. The van der Waals surface area contributed by atoms with Crippen LogP contribution in [-0.4, -0.2) is 40.9 Å². The number of aliphatic hydroxyl groups excluding tert-OH is 1. The fourth-order valence-electron chi connectivity index (χ4n) is 3.69. The summed E-state index contributed by atoms with van der Waals surface area (Å²) in [6.07, 6.45) is 0. The first-order chi connectivity index (χ1) is 15.5. The standard InChI is InChI=1S/C21H14ClN3O6S/c1-29-13-6-11(7-14-19(13)31-9-30-14)16-15(17(26)10-2-4-12(22)5-3-10)18(27)20(28)25(16)21-24-23-8-32-21/h2-8,16,26H,9H2,1H3/b17-15+. The Morgan fingerprint density at radius 3 is 2.72 bits per heavy atom. The van der Waals surface area contributed by atoms with Crippen LogP contribution in [0.1, 0.15) is 17.2 Å². The summed E-state index contributed by atoms with van der Waals surface area (Å²) in [6, 6.07) is 8.56. The Bertz CT molecular complexity index is 1260. The zero-order chi connectivity index (χ0) is 22.4. The van der Waals surface area contributed by atoms with E-state index in [4.69, 9.17) is 25.8 Å². The highest BCUT2D eigenvalue weighted by Gasteiger charge is 2.48. The van der Waals surface area contributed by atoms with Gasteiger partial charge >= 0.3 is 5.91 Å². The lowest BCUT2D eigenvalue weighted by atomic mass is 9.95. The number of aliphatic hydroxyl groups is 1. The number of anilines is 1. The van der Waals surface area contributed by atoms with Crippen molar-refractivity contribution in [2.75, 3.05) is 18.8 Å². The molecule has 0 saturated carbocycles. The predicted molar refractivity (Wildman–Crippen MR) is 115 cm³/mol. The number of ketones is 1. The predicted octanol–water partition coefficient (Wildman–Crippen LogP) is 3.56. The van der Waals surface area contributed by atoms with Gasteiger partial charge in [0.25, 0.3) is 5.78 Å². The number of benzene rings is 2. The summed E-state index contributed by atoms with van der Waals surface area (Å²) in [7, 11) is 1.47. The Morgan fingerprint density at radius 1 is 1.25 bits per heavy atom. The van der Waals surface area contributed by atoms with Gasteiger partial charge in [-0.1, -0.05) is 22.9 Å². The van der Waals surface area contributed by atoms with Crippen LogP contribution in [0.15, 0.2) is 47.5 Å². The zero-order valence-corrected chi connectivity index (χ0v) is 18.0. The van der Waals surface area contributed by atoms with Crippen molar-refractivity contribution in [3.63, 3.8) is 0 Å². The molecule has 0 radical (unpaired) electrons. The molecule has 1 amide bonds. The second-order valence-electron chi connectivity index (χ2n) is 6.85. The Balaban J connectivity index is 1.74. The van der Waals surface area contributed by atoms with Crippen LogP contribution in [0, 0.1) is 0 Å². The Hall–Kier alpha value is -3.63. The summed E-state index contributed by atoms with van der Waals surface area (Å²) in [5.41, 5.74) is 2.15. The van der Waals surface area contributed by atoms with E-state index in [-0.39, 0.29) is 23.3 Å². The lowest BCUT2D eigenvalue weighted by molar-refractivity contribution is -0.132. The molecule has 2 aliphatic rings. The SMILES string of the molecule is COc1cc(C2/C(=C(\O)c3ccc(Cl)cc3)C(=O)C(=O)N2c2nncs2)cc2c1OCO2. The number of hydrogen-bond acceptors (Lipinski definition) is 9. The summed E-state index contributed by atoms with van der Waals surface area (Å²) in [6.45, 7) is 0.0104. The lowest BCUT2D eigenvalue weighted by Gasteiger charge is -2.23. The molecule has 0 aliphatic carbocycles. The van der Waals surface area contributed by atoms with Crippen molar-refractivity contribution in [3.05, 3.63) is 63.6 Å². The van der Waals surface area contributed by atoms with Crippen LogP contribution in [0.25, 0.3) is 5.76 Å². The van der Waals surface area contributed by atoms with E-state index in [2.05, 4.69) is 10.2 Å². The molecule has 9 nitrogen and oxygen atoms in total. The smallest absolute Gasteiger partial charge is 0.301 e. The second kappa shape index (κ2) is 7.81. The minimum absolute atomic E-state index is 0.0104. The summed E-state index contributed by atoms with van der Waals surface area (Å²) in [5.74, 6) is -0.846. The van der Waals surface area contributed by atoms with Crippen molar-refractivity contribution in [3.8, 4) is 17.2 Å². The van der Waals surface area contributed by atoms with Crippen molar-refractivity contribution < 1.29 is 28.9 Å². The van der Waals surface area contributed by atoms with Crippen LogP contribution >= 0.6 is 22.9 Å². The van der Waals surface area contributed by atoms with Gasteiger partial charge in [0.15, 0.2) is 11.5 Å². The average molecular weight is 472 g/mol. The number of hydrogen-bond donors (Lipinski definition) is 1. The van der Waals surface area contributed by atoms with Crippen molar-refractivity contribution in [1.82, 2.24) is 10.2 Å². The van der Waals surface area contributed by atoms with Gasteiger partial charge in [-0.3, -0.25) is 14.5 Å². The Morgan fingerprint density at radius 2 is 2.03 bits per heavy atom. The van der Waals surface area contributed by atoms with Gasteiger partial charge in [0.1, 0.15) is 11.3 Å². The topological polar surface area (TPSA) is 111 Å². The maximum atomic E-state index is 13.1. The largest absolute Gasteiger partial charge is 0.507 e. The maximum absolute atomic E-state index is 13.1. The zero-order valence-electron chi connectivity index (χ0n) is 16.4. The van der Waals surface area contributed by atoms with Crippen LogP contribution in [-0.2, 0) is 9.59 Å². The number of nitrogens with zero attached hydrogens (tertiary/aromatic N) is 3. The molecular formula is C21H14ClN3O6S. The third kappa shape index (κ3) is 3.15. The Kier molecular flexibility index (Phi) is 4.95. The molecule has 0 spiro atoms. The van der Waals surface area contributed by atoms with Crippen LogP contribution in [0.5, 0.6) is 17.2 Å². The van der Waals surface area contributed by atoms with Crippen LogP contribution < -0.4 is 19.1 Å². The molecule has 1 N–H and O–H groups in total. The number of ether oxygens (including phenoxy) is 3. The van der Waals surface area contributed by atoms with E-state index in [0.717, 1.165) is 11.3 Å². The first kappa shape index (κ1) is 20.3. The molecule has 0 bridgehead atoms. The molecule has 1 atom stereocenters. The molecular weight excluding hydrogens is 458 g/mol. The molecule has 32 heavy (non-hydrogen) atoms. The number of amides is 1. The Labute approximate surface area is 190 Å². The number of fused-ring (bicyclic) bond motifs is 1. The summed E-state index contributed by atoms with van der Waals surface area (Å²) < 4.78 is 16.4. The quantitative estimate of drug-likeness (QED) is 0.349. The first-order valence-electron chi connectivity index (χ1n) is 9.30. The minimum Gasteiger partial charge on any atom is -0.507 e. The third-order valence-electron chi connectivity index (χ3n) is 5.11. The molecule has 3 aromatic rings. The van der Waals surface area contributed by atoms with E-state index in [1.54, 1.807) is 36.4 Å². The molecule has 162 valence electrons. The van der Waals surface area contributed by atoms with Crippen molar-refractivity contribution in [1.29, 1.82) is 0 Å². The minimum atomic E-state index is -0.998. The van der Waals surface area contributed by atoms with Gasteiger partial charge in [0.05, 0.1) is 18.7 Å². The van der Waals surface area contributed by atoms with Gasteiger partial charge in [-0.25, -0.2) is 0 Å². The number of carbonyl (C=O) groups excluding carboxylic acids is 2. The molecule has 2 aromatic carbocycles. The monoisotopic (exact) mass is 471 g/mol. The summed E-state index contributed by atoms with van der Waals surface area (Å²) in [4.78, 5) is 27.3. The molecule has 5 rings (SSSR count). The van der Waals surface area contributed by atoms with Gasteiger partial charge in [0, 0.05) is 10.6 Å². The molecule has 1 saturated heterocycles. The molecule has 1 unspecified atom stereocenters. The van der Waals surface area contributed by atoms with E-state index in [1.807, 2.05) is 0 Å². The van der Waals surface area contributed by atoms with E-state index in [1.165, 1.54) is 17.5 Å². The lowest BCUT2D eigenvalue weighted by Crippen LogP contribution is -2.29. The van der Waals surface area contributed by atoms with Crippen molar-refractivity contribution in [2.45, 2.75) is 6.04 Å². The number of rotatable bonds is 4. The van der Waals surface area contributed by atoms with Gasteiger partial charge in [-0.05, 0) is 42.0 Å². The number of methoxy groups -OCH3 is 1. The van der Waals surface area contributed by atoms with Crippen LogP contribution in [0.2, 0.25) is 5.02 Å². The fraction of sp³-hybridized carbons (Fsp3) is 0.143. The number of carbonyl (C=O) groups is 2. The fourth-order valence-corrected chi connectivity index (χ4v) is 4.40. The molecule has 11 heteroatoms. The second-order valence-corrected chi connectivity index (χ2v) is 8.10. The van der Waals surface area contributed by atoms with Gasteiger partial charge in [-0.2, -0.15) is 0 Å². The van der Waals surface area contributed by atoms with Crippen LogP contribution in [0.3, 0.4) is 0 Å². The normalized spacial score (nSPS) is 18.9. The van der Waals surface area contributed by atoms with Gasteiger partial charge in [0.2, 0.25) is 17.7 Å². The van der Waals surface area contributed by atoms with Crippen molar-refractivity contribution in [2.24, 2.45) is 0 Å². The van der Waals surface area contributed by atoms with Crippen LogP contribution in [0.4, 0.5) is 5.13 Å². The number of aromatic nitrogens is 2. The van der Waals surface area contributed by atoms with Crippen molar-refractivity contribution >= 4 is 45.5 Å². The highest BCUT2D eigenvalue weighted by atomic mass is 35.5. The van der Waals surface area contributed by atoms with Gasteiger partial charge < -0.3 is 19.3 Å². The molecule has 1 fully saturated rings. The third-order valence-corrected chi connectivity index (χ3v) is 6.05. The van der Waals surface area contributed by atoms with E-state index >= 15 is 0 Å². The summed E-state index contributed by atoms with van der Waals surface area (Å²) in [5, 5.41) is 19.5. The molecule has 2 aliphatic heterocycles. The molecule has 1 aromatic heterocycles. The van der Waals surface area contributed by atoms with E-state index in [9.17, 15) is 14.7 Å². The average Bonchev–Trinajstić information content (AvgIpc) is 3.54. The molecule has 3 heterocycles. The van der Waals surface area contributed by atoms with Gasteiger partial charge in [-0.15, -0.1) is 10.2 Å². The van der Waals surface area contributed by atoms with E-state index in [0.29, 0.717) is 33.4 Å². The number of Topliss-reactive ketones (excluding diaryl/α,β-unsaturated/α-hetero) is 1. The number of halogens is 1. The first-order valence-corrected chi connectivity index (χ1v) is 10.6. The summed E-state index contributed by atoms with van der Waals surface area (Å²) >= 11 is 7.04. The maximum Gasteiger partial charge on any atom is 0.301 e. The van der Waals surface area contributed by atoms with E-state index < -0.39 is 17.7 Å².